The summed E-state index contributed by atoms with van der Waals surface area (Å²) in [4.78, 5) is 18.7. The van der Waals surface area contributed by atoms with Gasteiger partial charge in [0.2, 0.25) is 5.78 Å². The van der Waals surface area contributed by atoms with Crippen LogP contribution in [-0.4, -0.2) is 53.2 Å². The molecule has 21 heavy (non-hydrogen) atoms. The highest BCUT2D eigenvalue weighted by Gasteiger charge is 2.21. The summed E-state index contributed by atoms with van der Waals surface area (Å²) in [6.45, 7) is 1.39. The minimum Gasteiger partial charge on any atom is -0.493 e. The number of aromatic nitrogens is 3. The Morgan fingerprint density at radius 2 is 2.14 bits per heavy atom. The number of hydrogen-bond acceptors (Lipinski definition) is 5. The van der Waals surface area contributed by atoms with Crippen molar-refractivity contribution in [1.82, 2.24) is 19.7 Å². The Labute approximate surface area is 131 Å². The van der Waals surface area contributed by atoms with Crippen LogP contribution in [0.1, 0.15) is 16.1 Å². The monoisotopic (exact) mass is 352 g/mol. The average molecular weight is 353 g/mol. The number of ether oxygens (including phenoxy) is 1. The molecule has 0 saturated carbocycles. The van der Waals surface area contributed by atoms with Crippen LogP contribution in [-0.2, 0) is 6.54 Å². The highest BCUT2D eigenvalue weighted by atomic mass is 79.9. The SMILES string of the molecule is COc1cnn(CCN(C)C)c1C(=O)c1cncc(Br)c1. The summed E-state index contributed by atoms with van der Waals surface area (Å²) in [5.74, 6) is 0.315. The molecule has 2 heterocycles. The van der Waals surface area contributed by atoms with Gasteiger partial charge in [-0.25, -0.2) is 0 Å². The van der Waals surface area contributed by atoms with E-state index in [0.29, 0.717) is 23.6 Å². The standard InChI is InChI=1S/C14H17BrN4O2/c1-18(2)4-5-19-13(12(21-3)9-17-19)14(20)10-6-11(15)8-16-7-10/h6-9H,4-5H2,1-3H3. The zero-order valence-corrected chi connectivity index (χ0v) is 13.8. The van der Waals surface area contributed by atoms with Crippen LogP contribution >= 0.6 is 15.9 Å². The van der Waals surface area contributed by atoms with Crippen molar-refractivity contribution in [3.8, 4) is 5.75 Å². The van der Waals surface area contributed by atoms with Gasteiger partial charge in [-0.05, 0) is 36.1 Å². The van der Waals surface area contributed by atoms with Gasteiger partial charge in [-0.2, -0.15) is 5.10 Å². The second-order valence-corrected chi connectivity index (χ2v) is 5.72. The molecule has 2 aromatic rings. The minimum absolute atomic E-state index is 0.156. The fourth-order valence-electron chi connectivity index (χ4n) is 1.88. The molecule has 7 heteroatoms. The third-order valence-electron chi connectivity index (χ3n) is 2.97. The summed E-state index contributed by atoms with van der Waals surface area (Å²) in [6.07, 6.45) is 4.74. The molecule has 112 valence electrons. The molecule has 2 aromatic heterocycles. The van der Waals surface area contributed by atoms with Crippen LogP contribution in [0, 0.1) is 0 Å². The molecule has 0 amide bonds. The van der Waals surface area contributed by atoms with Crippen LogP contribution in [0.25, 0.3) is 0 Å². The van der Waals surface area contributed by atoms with E-state index < -0.39 is 0 Å². The normalized spacial score (nSPS) is 10.9. The maximum Gasteiger partial charge on any atom is 0.216 e. The van der Waals surface area contributed by atoms with Crippen LogP contribution in [0.2, 0.25) is 0 Å². The number of rotatable bonds is 6. The summed E-state index contributed by atoms with van der Waals surface area (Å²) in [6, 6.07) is 1.73. The summed E-state index contributed by atoms with van der Waals surface area (Å²) in [7, 11) is 5.48. The first-order valence-electron chi connectivity index (χ1n) is 6.42. The lowest BCUT2D eigenvalue weighted by molar-refractivity contribution is 0.102. The molecule has 0 fully saturated rings. The molecule has 0 aromatic carbocycles. The van der Waals surface area contributed by atoms with Crippen molar-refractivity contribution in [2.75, 3.05) is 27.7 Å². The number of nitrogens with zero attached hydrogens (tertiary/aromatic N) is 4. The quantitative estimate of drug-likeness (QED) is 0.742. The van der Waals surface area contributed by atoms with E-state index in [4.69, 9.17) is 4.74 Å². The van der Waals surface area contributed by atoms with E-state index >= 15 is 0 Å². The fraction of sp³-hybridized carbons (Fsp3) is 0.357. The third kappa shape index (κ3) is 3.68. The number of carbonyl (C=O) groups excluding carboxylic acids is 1. The molecule has 0 saturated heterocycles. The topological polar surface area (TPSA) is 60.2 Å². The summed E-state index contributed by atoms with van der Waals surface area (Å²) >= 11 is 3.32. The van der Waals surface area contributed by atoms with Gasteiger partial charge in [0.25, 0.3) is 0 Å². The van der Waals surface area contributed by atoms with Crippen LogP contribution in [0.4, 0.5) is 0 Å². The second kappa shape index (κ2) is 6.82. The lowest BCUT2D eigenvalue weighted by Crippen LogP contribution is -2.22. The molecule has 0 spiro atoms. The number of pyridine rings is 1. The van der Waals surface area contributed by atoms with Crippen molar-refractivity contribution in [2.24, 2.45) is 0 Å². The molecule has 0 atom stereocenters. The molecular formula is C14H17BrN4O2. The Morgan fingerprint density at radius 1 is 1.38 bits per heavy atom. The van der Waals surface area contributed by atoms with E-state index in [1.165, 1.54) is 13.3 Å². The van der Waals surface area contributed by atoms with Gasteiger partial charge < -0.3 is 9.64 Å². The third-order valence-corrected chi connectivity index (χ3v) is 3.40. The Bertz CT molecular complexity index is 640. The number of ketones is 1. The van der Waals surface area contributed by atoms with Crippen molar-refractivity contribution in [3.63, 3.8) is 0 Å². The van der Waals surface area contributed by atoms with Crippen molar-refractivity contribution in [2.45, 2.75) is 6.54 Å². The molecule has 0 bridgehead atoms. The van der Waals surface area contributed by atoms with Crippen LogP contribution in [0.15, 0.2) is 29.1 Å². The van der Waals surface area contributed by atoms with E-state index in [2.05, 4.69) is 26.0 Å². The van der Waals surface area contributed by atoms with E-state index in [-0.39, 0.29) is 5.78 Å². The smallest absolute Gasteiger partial charge is 0.216 e. The molecule has 0 aliphatic rings. The Morgan fingerprint density at radius 3 is 2.76 bits per heavy atom. The zero-order chi connectivity index (χ0) is 15.4. The van der Waals surface area contributed by atoms with Gasteiger partial charge in [-0.3, -0.25) is 14.5 Å². The molecule has 0 unspecified atom stereocenters. The van der Waals surface area contributed by atoms with Crippen molar-refractivity contribution in [3.05, 3.63) is 40.4 Å². The van der Waals surface area contributed by atoms with Gasteiger partial charge in [-0.15, -0.1) is 0 Å². The van der Waals surface area contributed by atoms with Crippen LogP contribution < -0.4 is 4.74 Å². The minimum atomic E-state index is -0.156. The van der Waals surface area contributed by atoms with E-state index in [1.54, 1.807) is 23.1 Å². The maximum atomic E-state index is 12.7. The van der Waals surface area contributed by atoms with Crippen molar-refractivity contribution >= 4 is 21.7 Å². The molecule has 6 nitrogen and oxygen atoms in total. The first kappa shape index (κ1) is 15.7. The van der Waals surface area contributed by atoms with Gasteiger partial charge in [0, 0.05) is 29.0 Å². The first-order chi connectivity index (χ1) is 10.0. The largest absolute Gasteiger partial charge is 0.493 e. The number of halogens is 1. The van der Waals surface area contributed by atoms with Crippen LogP contribution in [0.5, 0.6) is 5.75 Å². The molecule has 2 rings (SSSR count). The van der Waals surface area contributed by atoms with Crippen molar-refractivity contribution < 1.29 is 9.53 Å². The van der Waals surface area contributed by atoms with Crippen LogP contribution in [0.3, 0.4) is 0 Å². The Hall–Kier alpha value is -1.73. The molecule has 0 radical (unpaired) electrons. The van der Waals surface area contributed by atoms with Crippen molar-refractivity contribution in [1.29, 1.82) is 0 Å². The number of hydrogen-bond donors (Lipinski definition) is 0. The zero-order valence-electron chi connectivity index (χ0n) is 12.2. The molecular weight excluding hydrogens is 336 g/mol. The highest BCUT2D eigenvalue weighted by Crippen LogP contribution is 2.22. The highest BCUT2D eigenvalue weighted by molar-refractivity contribution is 9.10. The second-order valence-electron chi connectivity index (χ2n) is 4.81. The van der Waals surface area contributed by atoms with Gasteiger partial charge in [0.15, 0.2) is 11.4 Å². The molecule has 0 N–H and O–H groups in total. The predicted octanol–water partition coefficient (Wildman–Crippen LogP) is 1.84. The van der Waals surface area contributed by atoms with E-state index in [0.717, 1.165) is 11.0 Å². The Kier molecular flexibility index (Phi) is 5.08. The lowest BCUT2D eigenvalue weighted by atomic mass is 10.1. The number of carbonyl (C=O) groups is 1. The molecule has 0 aliphatic carbocycles. The predicted molar refractivity (Wildman–Crippen MR) is 82.7 cm³/mol. The maximum absolute atomic E-state index is 12.7. The summed E-state index contributed by atoms with van der Waals surface area (Å²) in [5, 5.41) is 4.24. The first-order valence-corrected chi connectivity index (χ1v) is 7.22. The summed E-state index contributed by atoms with van der Waals surface area (Å²) < 4.78 is 7.68. The Balaban J connectivity index is 2.36. The summed E-state index contributed by atoms with van der Waals surface area (Å²) in [5.41, 5.74) is 0.938. The van der Waals surface area contributed by atoms with Gasteiger partial charge >= 0.3 is 0 Å². The van der Waals surface area contributed by atoms with Gasteiger partial charge in [0.1, 0.15) is 0 Å². The average Bonchev–Trinajstić information content (AvgIpc) is 2.87. The number of methoxy groups -OCH3 is 1. The lowest BCUT2D eigenvalue weighted by Gasteiger charge is -2.12. The molecule has 0 aliphatic heterocycles. The van der Waals surface area contributed by atoms with Gasteiger partial charge in [0.05, 0.1) is 19.9 Å². The number of likely N-dealkylation sites (N-methyl/N-ethyl adjacent to an activating group) is 1. The van der Waals surface area contributed by atoms with E-state index in [9.17, 15) is 4.79 Å². The van der Waals surface area contributed by atoms with Gasteiger partial charge in [-0.1, -0.05) is 0 Å². The van der Waals surface area contributed by atoms with E-state index in [1.807, 2.05) is 19.0 Å². The fourth-order valence-corrected chi connectivity index (χ4v) is 2.25.